The van der Waals surface area contributed by atoms with Gasteiger partial charge in [-0.15, -0.1) is 11.8 Å². The highest BCUT2D eigenvalue weighted by Crippen LogP contribution is 2.36. The fraction of sp³-hybridized carbons (Fsp3) is 0.364. The lowest BCUT2D eigenvalue weighted by atomic mass is 10.1. The Morgan fingerprint density at radius 1 is 1.62 bits per heavy atom. The van der Waals surface area contributed by atoms with E-state index in [1.54, 1.807) is 11.8 Å². The van der Waals surface area contributed by atoms with Gasteiger partial charge in [-0.25, -0.2) is 0 Å². The number of rotatable bonds is 2. The van der Waals surface area contributed by atoms with E-state index in [0.29, 0.717) is 5.75 Å². The number of aliphatic carboxylic acids is 1. The number of halogens is 1. The molecule has 2 unspecified atom stereocenters. The largest absolute Gasteiger partial charge is 0.480 e. The third-order valence-electron chi connectivity index (χ3n) is 2.52. The Hall–Kier alpha value is -0.520. The van der Waals surface area contributed by atoms with Gasteiger partial charge >= 0.3 is 5.97 Å². The number of carboxylic acid groups (broad SMARTS) is 1. The predicted octanol–water partition coefficient (Wildman–Crippen LogP) is 2.55. The summed E-state index contributed by atoms with van der Waals surface area (Å²) in [4.78, 5) is 10.8. The van der Waals surface area contributed by atoms with Crippen molar-refractivity contribution in [2.24, 2.45) is 0 Å². The van der Waals surface area contributed by atoms with Gasteiger partial charge in [0, 0.05) is 10.2 Å². The van der Waals surface area contributed by atoms with Crippen molar-refractivity contribution < 1.29 is 9.90 Å². The fourth-order valence-electron chi connectivity index (χ4n) is 1.64. The summed E-state index contributed by atoms with van der Waals surface area (Å²) >= 11 is 5.14. The molecule has 0 aliphatic carbocycles. The quantitative estimate of drug-likeness (QED) is 0.881. The van der Waals surface area contributed by atoms with Crippen molar-refractivity contribution in [1.82, 2.24) is 5.32 Å². The van der Waals surface area contributed by atoms with Gasteiger partial charge in [-0.2, -0.15) is 0 Å². The lowest BCUT2D eigenvalue weighted by molar-refractivity contribution is -0.138. The van der Waals surface area contributed by atoms with Gasteiger partial charge in [-0.05, 0) is 24.1 Å². The van der Waals surface area contributed by atoms with Crippen molar-refractivity contribution in [1.29, 1.82) is 0 Å². The second-order valence-electron chi connectivity index (χ2n) is 3.80. The van der Waals surface area contributed by atoms with Crippen LogP contribution in [0.25, 0.3) is 0 Å². The van der Waals surface area contributed by atoms with Crippen molar-refractivity contribution >= 4 is 33.7 Å². The second kappa shape index (κ2) is 4.77. The summed E-state index contributed by atoms with van der Waals surface area (Å²) in [5, 5.41) is 12.1. The van der Waals surface area contributed by atoms with Crippen molar-refractivity contribution in [2.75, 3.05) is 5.75 Å². The minimum Gasteiger partial charge on any atom is -0.480 e. The number of aryl methyl sites for hydroxylation is 1. The van der Waals surface area contributed by atoms with Crippen LogP contribution in [0.5, 0.6) is 0 Å². The first-order chi connectivity index (χ1) is 7.58. The smallest absolute Gasteiger partial charge is 0.321 e. The number of benzene rings is 1. The van der Waals surface area contributed by atoms with Crippen LogP contribution in [0.3, 0.4) is 0 Å². The van der Waals surface area contributed by atoms with Crippen LogP contribution < -0.4 is 5.32 Å². The Labute approximate surface area is 107 Å². The molecular weight excluding hydrogens is 290 g/mol. The van der Waals surface area contributed by atoms with Gasteiger partial charge in [-0.3, -0.25) is 10.1 Å². The molecule has 86 valence electrons. The summed E-state index contributed by atoms with van der Waals surface area (Å²) in [6.07, 6.45) is 0. The van der Waals surface area contributed by atoms with Crippen LogP contribution in [-0.2, 0) is 4.79 Å². The molecule has 1 heterocycles. The second-order valence-corrected chi connectivity index (χ2v) is 5.79. The zero-order valence-electron chi connectivity index (χ0n) is 8.74. The van der Waals surface area contributed by atoms with E-state index in [1.165, 1.54) is 5.56 Å². The molecule has 2 N–H and O–H groups in total. The Bertz CT molecular complexity index is 424. The molecule has 2 atom stereocenters. The van der Waals surface area contributed by atoms with Crippen LogP contribution in [0.1, 0.15) is 16.5 Å². The molecule has 5 heteroatoms. The minimum absolute atomic E-state index is 0.0658. The molecule has 3 nitrogen and oxygen atoms in total. The molecule has 1 aromatic rings. The number of hydrogen-bond donors (Lipinski definition) is 2. The van der Waals surface area contributed by atoms with Crippen molar-refractivity contribution in [3.8, 4) is 0 Å². The highest BCUT2D eigenvalue weighted by Gasteiger charge is 2.31. The van der Waals surface area contributed by atoms with Gasteiger partial charge in [0.15, 0.2) is 0 Å². The summed E-state index contributed by atoms with van der Waals surface area (Å²) in [5.41, 5.74) is 2.30. The van der Waals surface area contributed by atoms with Crippen LogP contribution in [-0.4, -0.2) is 22.9 Å². The number of thioether (sulfide) groups is 1. The molecule has 1 aromatic carbocycles. The normalized spacial score (nSPS) is 24.6. The zero-order chi connectivity index (χ0) is 11.7. The van der Waals surface area contributed by atoms with E-state index in [-0.39, 0.29) is 5.37 Å². The Kier molecular flexibility index (Phi) is 3.56. The SMILES string of the molecule is Cc1ccc(C2NC(C(=O)O)CS2)c(Br)c1. The van der Waals surface area contributed by atoms with Crippen LogP contribution in [0, 0.1) is 6.92 Å². The molecule has 1 fully saturated rings. The van der Waals surface area contributed by atoms with E-state index < -0.39 is 12.0 Å². The van der Waals surface area contributed by atoms with E-state index in [4.69, 9.17) is 5.11 Å². The van der Waals surface area contributed by atoms with Crippen LogP contribution in [0.4, 0.5) is 0 Å². The summed E-state index contributed by atoms with van der Waals surface area (Å²) in [7, 11) is 0. The molecule has 1 aliphatic heterocycles. The molecule has 0 radical (unpaired) electrons. The standard InChI is InChI=1S/C11H12BrNO2S/c1-6-2-3-7(8(12)4-6)10-13-9(5-16-10)11(14)15/h2-4,9-10,13H,5H2,1H3,(H,14,15). The first-order valence-electron chi connectivity index (χ1n) is 4.94. The highest BCUT2D eigenvalue weighted by atomic mass is 79.9. The topological polar surface area (TPSA) is 49.3 Å². The summed E-state index contributed by atoms with van der Waals surface area (Å²) < 4.78 is 1.03. The van der Waals surface area contributed by atoms with E-state index in [0.717, 1.165) is 10.0 Å². The average molecular weight is 302 g/mol. The van der Waals surface area contributed by atoms with E-state index >= 15 is 0 Å². The maximum absolute atomic E-state index is 10.8. The molecule has 16 heavy (non-hydrogen) atoms. The number of hydrogen-bond acceptors (Lipinski definition) is 3. The van der Waals surface area contributed by atoms with Crippen molar-refractivity contribution in [3.63, 3.8) is 0 Å². The van der Waals surface area contributed by atoms with Crippen LogP contribution in [0.2, 0.25) is 0 Å². The Morgan fingerprint density at radius 2 is 2.38 bits per heavy atom. The molecule has 1 aliphatic rings. The first kappa shape index (κ1) is 12.0. The highest BCUT2D eigenvalue weighted by molar-refractivity contribution is 9.10. The van der Waals surface area contributed by atoms with Gasteiger partial charge in [-0.1, -0.05) is 28.1 Å². The molecule has 0 saturated carbocycles. The molecular formula is C11H12BrNO2S. The average Bonchev–Trinajstić information content (AvgIpc) is 2.66. The molecule has 1 saturated heterocycles. The lowest BCUT2D eigenvalue weighted by Gasteiger charge is -2.13. The van der Waals surface area contributed by atoms with Gasteiger partial charge < -0.3 is 5.11 Å². The maximum Gasteiger partial charge on any atom is 0.321 e. The monoisotopic (exact) mass is 301 g/mol. The molecule has 0 bridgehead atoms. The molecule has 2 rings (SSSR count). The predicted molar refractivity (Wildman–Crippen MR) is 68.6 cm³/mol. The third-order valence-corrected chi connectivity index (χ3v) is 4.45. The summed E-state index contributed by atoms with van der Waals surface area (Å²) in [5.74, 6) is -0.168. The van der Waals surface area contributed by atoms with E-state index in [2.05, 4.69) is 21.2 Å². The number of carboxylic acids is 1. The number of nitrogens with one attached hydrogen (secondary N) is 1. The van der Waals surface area contributed by atoms with Crippen LogP contribution >= 0.6 is 27.7 Å². The third kappa shape index (κ3) is 2.42. The van der Waals surface area contributed by atoms with Gasteiger partial charge in [0.2, 0.25) is 0 Å². The van der Waals surface area contributed by atoms with Crippen molar-refractivity contribution in [2.45, 2.75) is 18.3 Å². The molecule has 0 aromatic heterocycles. The Balaban J connectivity index is 2.17. The maximum atomic E-state index is 10.8. The van der Waals surface area contributed by atoms with Gasteiger partial charge in [0.25, 0.3) is 0 Å². The fourth-order valence-corrected chi connectivity index (χ4v) is 3.78. The lowest BCUT2D eigenvalue weighted by Crippen LogP contribution is -2.33. The summed E-state index contributed by atoms with van der Waals surface area (Å²) in [6.45, 7) is 2.03. The van der Waals surface area contributed by atoms with Gasteiger partial charge in [0.1, 0.15) is 6.04 Å². The van der Waals surface area contributed by atoms with Crippen molar-refractivity contribution in [3.05, 3.63) is 33.8 Å². The van der Waals surface area contributed by atoms with Gasteiger partial charge in [0.05, 0.1) is 5.37 Å². The van der Waals surface area contributed by atoms with E-state index in [1.807, 2.05) is 25.1 Å². The minimum atomic E-state index is -0.779. The Morgan fingerprint density at radius 3 is 2.94 bits per heavy atom. The summed E-state index contributed by atoms with van der Waals surface area (Å²) in [6, 6.07) is 5.68. The first-order valence-corrected chi connectivity index (χ1v) is 6.78. The van der Waals surface area contributed by atoms with E-state index in [9.17, 15) is 4.79 Å². The zero-order valence-corrected chi connectivity index (χ0v) is 11.1. The number of carbonyl (C=O) groups is 1. The molecule has 0 amide bonds. The molecule has 0 spiro atoms. The van der Waals surface area contributed by atoms with Crippen LogP contribution in [0.15, 0.2) is 22.7 Å².